The summed E-state index contributed by atoms with van der Waals surface area (Å²) < 4.78 is 26.8. The number of sulfonamides is 1. The van der Waals surface area contributed by atoms with Gasteiger partial charge in [-0.25, -0.2) is 8.42 Å². The Morgan fingerprint density at radius 2 is 1.89 bits per heavy atom. The molecule has 0 amide bonds. The van der Waals surface area contributed by atoms with Gasteiger partial charge in [0, 0.05) is 12.6 Å². The molecule has 106 valence electrons. The molecule has 3 nitrogen and oxygen atoms in total. The fraction of sp³-hybridized carbons (Fsp3) is 0.600. The Labute approximate surface area is 116 Å². The minimum absolute atomic E-state index is 0.120. The quantitative estimate of drug-likeness (QED) is 0.850. The molecule has 1 aliphatic heterocycles. The highest BCUT2D eigenvalue weighted by atomic mass is 32.2. The van der Waals surface area contributed by atoms with Crippen LogP contribution in [0.15, 0.2) is 29.2 Å². The fourth-order valence-corrected chi connectivity index (χ4v) is 4.38. The highest BCUT2D eigenvalue weighted by molar-refractivity contribution is 7.89. The number of rotatable bonds is 4. The molecule has 1 atom stereocenters. The van der Waals surface area contributed by atoms with E-state index in [0.717, 1.165) is 32.1 Å². The summed E-state index contributed by atoms with van der Waals surface area (Å²) in [5.74, 6) is 0. The Hall–Kier alpha value is -0.870. The van der Waals surface area contributed by atoms with Crippen LogP contribution >= 0.6 is 0 Å². The molecular weight excluding hydrogens is 258 g/mol. The number of nitrogens with zero attached hydrogens (tertiary/aromatic N) is 1. The number of hydrogen-bond donors (Lipinski definition) is 0. The van der Waals surface area contributed by atoms with Gasteiger partial charge in [-0.15, -0.1) is 0 Å². The number of aryl methyl sites for hydroxylation is 1. The Bertz CT molecular complexity index is 507. The van der Waals surface area contributed by atoms with E-state index in [9.17, 15) is 8.42 Å². The van der Waals surface area contributed by atoms with Crippen LogP contribution in [0.3, 0.4) is 0 Å². The summed E-state index contributed by atoms with van der Waals surface area (Å²) in [6, 6.07) is 7.49. The molecular formula is C15H23NO2S. The molecule has 1 aliphatic rings. The van der Waals surface area contributed by atoms with E-state index < -0.39 is 10.0 Å². The van der Waals surface area contributed by atoms with E-state index in [1.807, 2.05) is 19.1 Å². The Balaban J connectivity index is 2.23. The van der Waals surface area contributed by atoms with Gasteiger partial charge in [-0.1, -0.05) is 31.9 Å². The van der Waals surface area contributed by atoms with Crippen LogP contribution in [0.25, 0.3) is 0 Å². The van der Waals surface area contributed by atoms with Crippen molar-refractivity contribution < 1.29 is 8.42 Å². The van der Waals surface area contributed by atoms with Gasteiger partial charge in [0.2, 0.25) is 10.0 Å². The smallest absolute Gasteiger partial charge is 0.207 e. The monoisotopic (exact) mass is 281 g/mol. The zero-order valence-electron chi connectivity index (χ0n) is 11.8. The topological polar surface area (TPSA) is 37.4 Å². The lowest BCUT2D eigenvalue weighted by atomic mass is 10.1. The van der Waals surface area contributed by atoms with Crippen LogP contribution in [0.2, 0.25) is 0 Å². The molecule has 0 unspecified atom stereocenters. The second kappa shape index (κ2) is 6.06. The molecule has 0 bridgehead atoms. The first kappa shape index (κ1) is 14.5. The van der Waals surface area contributed by atoms with Gasteiger partial charge in [-0.2, -0.15) is 4.31 Å². The molecule has 0 radical (unpaired) electrons. The van der Waals surface area contributed by atoms with Crippen LogP contribution in [0.1, 0.15) is 45.1 Å². The Morgan fingerprint density at radius 1 is 1.21 bits per heavy atom. The lowest BCUT2D eigenvalue weighted by Crippen LogP contribution is -2.41. The van der Waals surface area contributed by atoms with Crippen LogP contribution < -0.4 is 0 Å². The summed E-state index contributed by atoms with van der Waals surface area (Å²) in [4.78, 5) is 0.432. The van der Waals surface area contributed by atoms with E-state index in [1.165, 1.54) is 5.56 Å². The molecule has 1 aromatic carbocycles. The summed E-state index contributed by atoms with van der Waals surface area (Å²) in [6.07, 6.45) is 5.14. The second-order valence-corrected chi connectivity index (χ2v) is 7.25. The molecule has 0 aromatic heterocycles. The van der Waals surface area contributed by atoms with Crippen molar-refractivity contribution in [2.45, 2.75) is 56.9 Å². The summed E-state index contributed by atoms with van der Waals surface area (Å²) in [6.45, 7) is 4.78. The van der Waals surface area contributed by atoms with Crippen molar-refractivity contribution >= 4 is 10.0 Å². The van der Waals surface area contributed by atoms with Crippen molar-refractivity contribution in [2.75, 3.05) is 6.54 Å². The zero-order valence-corrected chi connectivity index (χ0v) is 12.6. The molecule has 0 saturated carbocycles. The van der Waals surface area contributed by atoms with Gasteiger partial charge in [0.15, 0.2) is 0 Å². The van der Waals surface area contributed by atoms with Crippen LogP contribution in [0.5, 0.6) is 0 Å². The first-order valence-corrected chi connectivity index (χ1v) is 8.60. The van der Waals surface area contributed by atoms with E-state index in [0.29, 0.717) is 11.4 Å². The maximum Gasteiger partial charge on any atom is 0.243 e. The zero-order chi connectivity index (χ0) is 13.9. The Morgan fingerprint density at radius 3 is 2.47 bits per heavy atom. The standard InChI is InChI=1S/C15H23NO2S/c1-3-6-14-8-10-15(11-9-14)19(17,18)16-12-5-4-7-13(16)2/h8-11,13H,3-7,12H2,1-2H3/t13-/m1/s1. The third-order valence-electron chi connectivity index (χ3n) is 3.81. The summed E-state index contributed by atoms with van der Waals surface area (Å²) in [5, 5.41) is 0. The van der Waals surface area contributed by atoms with Gasteiger partial charge in [-0.05, 0) is 43.9 Å². The molecule has 0 N–H and O–H groups in total. The first-order chi connectivity index (χ1) is 9.05. The van der Waals surface area contributed by atoms with Crippen LogP contribution in [-0.4, -0.2) is 25.3 Å². The van der Waals surface area contributed by atoms with Gasteiger partial charge in [-0.3, -0.25) is 0 Å². The number of piperidine rings is 1. The van der Waals surface area contributed by atoms with Crippen molar-refractivity contribution in [1.82, 2.24) is 4.31 Å². The summed E-state index contributed by atoms with van der Waals surface area (Å²) in [5.41, 5.74) is 1.20. The molecule has 19 heavy (non-hydrogen) atoms. The number of benzene rings is 1. The minimum atomic E-state index is -3.31. The molecule has 1 heterocycles. The van der Waals surface area contributed by atoms with Gasteiger partial charge < -0.3 is 0 Å². The second-order valence-electron chi connectivity index (χ2n) is 5.35. The van der Waals surface area contributed by atoms with Gasteiger partial charge in [0.05, 0.1) is 4.90 Å². The van der Waals surface area contributed by atoms with Crippen molar-refractivity contribution in [1.29, 1.82) is 0 Å². The molecule has 1 fully saturated rings. The van der Waals surface area contributed by atoms with E-state index in [1.54, 1.807) is 16.4 Å². The first-order valence-electron chi connectivity index (χ1n) is 7.16. The van der Waals surface area contributed by atoms with Crippen LogP contribution in [-0.2, 0) is 16.4 Å². The lowest BCUT2D eigenvalue weighted by molar-refractivity contribution is 0.268. The van der Waals surface area contributed by atoms with Crippen molar-refractivity contribution in [2.24, 2.45) is 0 Å². The highest BCUT2D eigenvalue weighted by Crippen LogP contribution is 2.25. The average molecular weight is 281 g/mol. The maximum absolute atomic E-state index is 12.6. The van der Waals surface area contributed by atoms with E-state index in [2.05, 4.69) is 6.92 Å². The number of hydrogen-bond acceptors (Lipinski definition) is 2. The fourth-order valence-electron chi connectivity index (χ4n) is 2.68. The van der Waals surface area contributed by atoms with E-state index >= 15 is 0 Å². The molecule has 4 heteroatoms. The van der Waals surface area contributed by atoms with Gasteiger partial charge in [0.1, 0.15) is 0 Å². The van der Waals surface area contributed by atoms with Gasteiger partial charge in [0.25, 0.3) is 0 Å². The maximum atomic E-state index is 12.6. The van der Waals surface area contributed by atoms with Crippen LogP contribution in [0.4, 0.5) is 0 Å². The lowest BCUT2D eigenvalue weighted by Gasteiger charge is -2.32. The van der Waals surface area contributed by atoms with Crippen LogP contribution in [0, 0.1) is 0 Å². The highest BCUT2D eigenvalue weighted by Gasteiger charge is 2.30. The molecule has 2 rings (SSSR count). The third-order valence-corrected chi connectivity index (χ3v) is 5.84. The molecule has 0 aliphatic carbocycles. The average Bonchev–Trinajstić information content (AvgIpc) is 2.40. The molecule has 1 saturated heterocycles. The largest absolute Gasteiger partial charge is 0.243 e. The third kappa shape index (κ3) is 3.18. The van der Waals surface area contributed by atoms with Crippen molar-refractivity contribution in [3.63, 3.8) is 0 Å². The molecule has 0 spiro atoms. The summed E-state index contributed by atoms with van der Waals surface area (Å²) >= 11 is 0. The van der Waals surface area contributed by atoms with E-state index in [-0.39, 0.29) is 6.04 Å². The van der Waals surface area contributed by atoms with E-state index in [4.69, 9.17) is 0 Å². The normalized spacial score (nSPS) is 21.5. The van der Waals surface area contributed by atoms with Crippen molar-refractivity contribution in [3.8, 4) is 0 Å². The molecule has 1 aromatic rings. The summed E-state index contributed by atoms with van der Waals surface area (Å²) in [7, 11) is -3.31. The predicted octanol–water partition coefficient (Wildman–Crippen LogP) is 3.20. The van der Waals surface area contributed by atoms with Gasteiger partial charge >= 0.3 is 0 Å². The van der Waals surface area contributed by atoms with Crippen molar-refractivity contribution in [3.05, 3.63) is 29.8 Å². The minimum Gasteiger partial charge on any atom is -0.207 e. The SMILES string of the molecule is CCCc1ccc(S(=O)(=O)N2CCCC[C@H]2C)cc1. The predicted molar refractivity (Wildman–Crippen MR) is 77.6 cm³/mol. The Kier molecular flexibility index (Phi) is 4.63.